The summed E-state index contributed by atoms with van der Waals surface area (Å²) >= 11 is 0. The summed E-state index contributed by atoms with van der Waals surface area (Å²) in [5.41, 5.74) is 1.19. The van der Waals surface area contributed by atoms with Crippen LogP contribution < -0.4 is 5.32 Å². The van der Waals surface area contributed by atoms with Crippen LogP contribution in [-0.2, 0) is 11.3 Å². The van der Waals surface area contributed by atoms with Gasteiger partial charge in [-0.1, -0.05) is 20.8 Å². The van der Waals surface area contributed by atoms with Gasteiger partial charge in [-0.25, -0.2) is 0 Å². The number of amides is 1. The Hall–Kier alpha value is -1.32. The molecule has 1 N–H and O–H groups in total. The van der Waals surface area contributed by atoms with Crippen LogP contribution in [0.1, 0.15) is 32.3 Å². The average molecular weight is 209 g/mol. The van der Waals surface area contributed by atoms with Crippen LogP contribution in [0.15, 0.2) is 12.4 Å². The Balaban J connectivity index is 2.68. The molecule has 0 saturated carbocycles. The van der Waals surface area contributed by atoms with Gasteiger partial charge in [0.15, 0.2) is 0 Å². The molecule has 84 valence electrons. The highest BCUT2D eigenvalue weighted by Crippen LogP contribution is 2.22. The summed E-state index contributed by atoms with van der Waals surface area (Å²) in [6.07, 6.45) is 3.79. The fourth-order valence-electron chi connectivity index (χ4n) is 1.31. The number of nitrogens with one attached hydrogen (secondary N) is 1. The van der Waals surface area contributed by atoms with Crippen molar-refractivity contribution in [3.05, 3.63) is 18.0 Å². The first-order valence-corrected chi connectivity index (χ1v) is 5.27. The van der Waals surface area contributed by atoms with Crippen molar-refractivity contribution in [3.63, 3.8) is 0 Å². The molecule has 0 saturated heterocycles. The van der Waals surface area contributed by atoms with E-state index in [0.717, 1.165) is 0 Å². The van der Waals surface area contributed by atoms with E-state index in [0.29, 0.717) is 18.4 Å². The largest absolute Gasteiger partial charge is 0.358 e. The summed E-state index contributed by atoms with van der Waals surface area (Å²) in [6, 6.07) is 0. The van der Waals surface area contributed by atoms with Gasteiger partial charge in [0.25, 0.3) is 0 Å². The Kier molecular flexibility index (Phi) is 3.88. The van der Waals surface area contributed by atoms with Crippen molar-refractivity contribution in [2.45, 2.75) is 33.2 Å². The zero-order valence-corrected chi connectivity index (χ0v) is 9.82. The fourth-order valence-corrected chi connectivity index (χ4v) is 1.31. The summed E-state index contributed by atoms with van der Waals surface area (Å²) in [5.74, 6) is 1.04. The topological polar surface area (TPSA) is 46.9 Å². The minimum absolute atomic E-state index is 0.0261. The summed E-state index contributed by atoms with van der Waals surface area (Å²) < 4.78 is 1.67. The third kappa shape index (κ3) is 3.08. The first-order valence-electron chi connectivity index (χ1n) is 5.27. The number of likely N-dealkylation sites (N-methyl/N-ethyl adjacent to an activating group) is 1. The second-order valence-electron chi connectivity index (χ2n) is 4.18. The van der Waals surface area contributed by atoms with E-state index in [-0.39, 0.29) is 5.91 Å². The van der Waals surface area contributed by atoms with Crippen LogP contribution >= 0.6 is 0 Å². The Bertz CT molecular complexity index is 330. The predicted molar refractivity (Wildman–Crippen MR) is 59.5 cm³/mol. The lowest BCUT2D eigenvalue weighted by Crippen LogP contribution is -2.23. The smallest absolute Gasteiger partial charge is 0.241 e. The third-order valence-electron chi connectivity index (χ3n) is 2.76. The molecule has 0 aliphatic rings. The third-order valence-corrected chi connectivity index (χ3v) is 2.76. The molecule has 0 aliphatic heterocycles. The van der Waals surface area contributed by atoms with Gasteiger partial charge in [-0.05, 0) is 17.4 Å². The zero-order valence-electron chi connectivity index (χ0n) is 9.82. The lowest BCUT2D eigenvalue weighted by molar-refractivity contribution is -0.121. The molecule has 0 fully saturated rings. The van der Waals surface area contributed by atoms with E-state index < -0.39 is 0 Å². The number of hydrogen-bond acceptors (Lipinski definition) is 2. The van der Waals surface area contributed by atoms with Crippen LogP contribution in [0, 0.1) is 5.92 Å². The maximum absolute atomic E-state index is 11.1. The van der Waals surface area contributed by atoms with Crippen molar-refractivity contribution in [3.8, 4) is 0 Å². The fraction of sp³-hybridized carbons (Fsp3) is 0.636. The molecule has 4 heteroatoms. The number of carbonyl (C=O) groups is 1. The van der Waals surface area contributed by atoms with Crippen molar-refractivity contribution in [1.29, 1.82) is 0 Å². The molecule has 1 aromatic rings. The Morgan fingerprint density at radius 2 is 2.20 bits per heavy atom. The zero-order chi connectivity index (χ0) is 11.4. The van der Waals surface area contributed by atoms with E-state index in [9.17, 15) is 4.79 Å². The van der Waals surface area contributed by atoms with Crippen molar-refractivity contribution in [2.24, 2.45) is 5.92 Å². The van der Waals surface area contributed by atoms with Crippen LogP contribution in [0.4, 0.5) is 0 Å². The average Bonchev–Trinajstić information content (AvgIpc) is 2.64. The number of carbonyl (C=O) groups excluding carboxylic acids is 1. The highest BCUT2D eigenvalue weighted by atomic mass is 16.1. The lowest BCUT2D eigenvalue weighted by Gasteiger charge is -2.12. The van der Waals surface area contributed by atoms with E-state index in [2.05, 4.69) is 31.2 Å². The number of hydrogen-bond donors (Lipinski definition) is 1. The van der Waals surface area contributed by atoms with Gasteiger partial charge in [-0.2, -0.15) is 5.10 Å². The maximum atomic E-state index is 11.1. The molecular formula is C11H19N3O. The molecule has 1 amide bonds. The standard InChI is InChI=1S/C11H19N3O/c1-8(2)9(3)10-5-13-14(6-10)7-11(15)12-4/h5-6,8-9H,7H2,1-4H3,(H,12,15). The summed E-state index contributed by atoms with van der Waals surface area (Å²) in [6.45, 7) is 6.83. The van der Waals surface area contributed by atoms with Gasteiger partial charge in [-0.15, -0.1) is 0 Å². The van der Waals surface area contributed by atoms with Crippen LogP contribution in [0.25, 0.3) is 0 Å². The van der Waals surface area contributed by atoms with Crippen LogP contribution in [0.5, 0.6) is 0 Å². The van der Waals surface area contributed by atoms with Crippen molar-refractivity contribution >= 4 is 5.91 Å². The normalized spacial score (nSPS) is 12.9. The van der Waals surface area contributed by atoms with E-state index >= 15 is 0 Å². The molecule has 0 aromatic carbocycles. The van der Waals surface area contributed by atoms with Crippen LogP contribution in [-0.4, -0.2) is 22.7 Å². The van der Waals surface area contributed by atoms with Gasteiger partial charge in [-0.3, -0.25) is 9.48 Å². The monoisotopic (exact) mass is 209 g/mol. The van der Waals surface area contributed by atoms with Gasteiger partial charge >= 0.3 is 0 Å². The minimum Gasteiger partial charge on any atom is -0.358 e. The molecule has 15 heavy (non-hydrogen) atoms. The molecule has 1 atom stereocenters. The van der Waals surface area contributed by atoms with Gasteiger partial charge in [0.1, 0.15) is 6.54 Å². The molecule has 1 unspecified atom stereocenters. The van der Waals surface area contributed by atoms with E-state index in [1.54, 1.807) is 11.7 Å². The van der Waals surface area contributed by atoms with Gasteiger partial charge < -0.3 is 5.32 Å². The van der Waals surface area contributed by atoms with E-state index in [1.165, 1.54) is 5.56 Å². The summed E-state index contributed by atoms with van der Waals surface area (Å²) in [4.78, 5) is 11.1. The van der Waals surface area contributed by atoms with Gasteiger partial charge in [0, 0.05) is 13.2 Å². The minimum atomic E-state index is -0.0261. The Morgan fingerprint density at radius 3 is 2.73 bits per heavy atom. The second-order valence-corrected chi connectivity index (χ2v) is 4.18. The predicted octanol–water partition coefficient (Wildman–Crippen LogP) is 1.39. The summed E-state index contributed by atoms with van der Waals surface area (Å²) in [5, 5.41) is 6.74. The van der Waals surface area contributed by atoms with Crippen LogP contribution in [0.2, 0.25) is 0 Å². The molecule has 0 bridgehead atoms. The quantitative estimate of drug-likeness (QED) is 0.814. The van der Waals surface area contributed by atoms with E-state index in [4.69, 9.17) is 0 Å². The maximum Gasteiger partial charge on any atom is 0.241 e. The number of aromatic nitrogens is 2. The first kappa shape index (κ1) is 11.8. The van der Waals surface area contributed by atoms with Crippen molar-refractivity contribution < 1.29 is 4.79 Å². The highest BCUT2D eigenvalue weighted by Gasteiger charge is 2.12. The highest BCUT2D eigenvalue weighted by molar-refractivity contribution is 5.75. The number of rotatable bonds is 4. The SMILES string of the molecule is CNC(=O)Cn1cc(C(C)C(C)C)cn1. The molecule has 1 heterocycles. The van der Waals surface area contributed by atoms with Crippen LogP contribution in [0.3, 0.4) is 0 Å². The van der Waals surface area contributed by atoms with Gasteiger partial charge in [0.2, 0.25) is 5.91 Å². The lowest BCUT2D eigenvalue weighted by atomic mass is 9.93. The molecular weight excluding hydrogens is 190 g/mol. The Labute approximate surface area is 90.7 Å². The summed E-state index contributed by atoms with van der Waals surface area (Å²) in [7, 11) is 1.63. The van der Waals surface area contributed by atoms with Gasteiger partial charge in [0.05, 0.1) is 6.20 Å². The number of nitrogens with zero attached hydrogens (tertiary/aromatic N) is 2. The Morgan fingerprint density at radius 1 is 1.53 bits per heavy atom. The first-order chi connectivity index (χ1) is 7.04. The van der Waals surface area contributed by atoms with Crippen molar-refractivity contribution in [1.82, 2.24) is 15.1 Å². The second kappa shape index (κ2) is 4.96. The molecule has 0 radical (unpaired) electrons. The molecule has 0 spiro atoms. The van der Waals surface area contributed by atoms with Crippen molar-refractivity contribution in [2.75, 3.05) is 7.05 Å². The molecule has 1 rings (SSSR count). The molecule has 4 nitrogen and oxygen atoms in total. The molecule has 1 aromatic heterocycles. The molecule has 0 aliphatic carbocycles. The van der Waals surface area contributed by atoms with E-state index in [1.807, 2.05) is 12.4 Å².